The third-order valence-corrected chi connectivity index (χ3v) is 5.89. The van der Waals surface area contributed by atoms with E-state index < -0.39 is 11.7 Å². The van der Waals surface area contributed by atoms with Gasteiger partial charge in [-0.05, 0) is 56.0 Å². The zero-order valence-electron chi connectivity index (χ0n) is 16.0. The fraction of sp³-hybridized carbons (Fsp3) is 0.300. The SMILES string of the molecule is COC(=O)c1c(SCc2nn(-c3ccc(F)cc3)c3c2CCC3)nc(=O)[nH]c1C. The van der Waals surface area contributed by atoms with E-state index in [0.29, 0.717) is 16.5 Å². The predicted octanol–water partition coefficient (Wildman–Crippen LogP) is 2.97. The van der Waals surface area contributed by atoms with Crippen molar-refractivity contribution >= 4 is 17.7 Å². The first-order chi connectivity index (χ1) is 14.0. The van der Waals surface area contributed by atoms with Gasteiger partial charge in [0.1, 0.15) is 16.4 Å². The second-order valence-corrected chi connectivity index (χ2v) is 7.71. The van der Waals surface area contributed by atoms with Gasteiger partial charge in [0.15, 0.2) is 0 Å². The number of H-pyrrole nitrogens is 1. The molecule has 2 heterocycles. The monoisotopic (exact) mass is 414 g/mol. The quantitative estimate of drug-likeness (QED) is 0.392. The van der Waals surface area contributed by atoms with E-state index in [1.807, 2.05) is 4.68 Å². The maximum atomic E-state index is 13.3. The fourth-order valence-corrected chi connectivity index (χ4v) is 4.60. The van der Waals surface area contributed by atoms with Gasteiger partial charge >= 0.3 is 11.7 Å². The van der Waals surface area contributed by atoms with Crippen LogP contribution in [0.1, 0.15) is 39.4 Å². The molecule has 1 aromatic carbocycles. The van der Waals surface area contributed by atoms with Crippen molar-refractivity contribution < 1.29 is 13.9 Å². The largest absolute Gasteiger partial charge is 0.465 e. The van der Waals surface area contributed by atoms with Gasteiger partial charge in [-0.25, -0.2) is 18.7 Å². The van der Waals surface area contributed by atoms with E-state index in [9.17, 15) is 14.0 Å². The molecule has 9 heteroatoms. The molecule has 0 saturated carbocycles. The molecule has 1 aliphatic rings. The number of nitrogens with zero attached hydrogens (tertiary/aromatic N) is 3. The van der Waals surface area contributed by atoms with Crippen molar-refractivity contribution in [3.63, 3.8) is 0 Å². The minimum absolute atomic E-state index is 0.256. The number of aryl methyl sites for hydroxylation is 1. The minimum Gasteiger partial charge on any atom is -0.465 e. The number of nitrogens with one attached hydrogen (secondary N) is 1. The van der Waals surface area contributed by atoms with Gasteiger partial charge < -0.3 is 9.72 Å². The van der Waals surface area contributed by atoms with Crippen LogP contribution in [0.3, 0.4) is 0 Å². The number of aromatic nitrogens is 4. The summed E-state index contributed by atoms with van der Waals surface area (Å²) in [5, 5.41) is 5.05. The number of hydrogen-bond acceptors (Lipinski definition) is 6. The van der Waals surface area contributed by atoms with E-state index >= 15 is 0 Å². The molecular formula is C20H19FN4O3S. The van der Waals surface area contributed by atoms with Crippen molar-refractivity contribution in [2.45, 2.75) is 37.0 Å². The van der Waals surface area contributed by atoms with E-state index in [4.69, 9.17) is 9.84 Å². The summed E-state index contributed by atoms with van der Waals surface area (Å²) in [4.78, 5) is 30.4. The van der Waals surface area contributed by atoms with E-state index in [1.54, 1.807) is 19.1 Å². The van der Waals surface area contributed by atoms with Crippen molar-refractivity contribution in [2.75, 3.05) is 7.11 Å². The van der Waals surface area contributed by atoms with Crippen molar-refractivity contribution in [1.82, 2.24) is 19.7 Å². The van der Waals surface area contributed by atoms with Crippen molar-refractivity contribution in [1.29, 1.82) is 0 Å². The van der Waals surface area contributed by atoms with Crippen LogP contribution in [0.4, 0.5) is 4.39 Å². The number of carbonyl (C=O) groups is 1. The van der Waals surface area contributed by atoms with Gasteiger partial charge in [-0.1, -0.05) is 11.8 Å². The Morgan fingerprint density at radius 1 is 1.31 bits per heavy atom. The first-order valence-corrected chi connectivity index (χ1v) is 10.1. The van der Waals surface area contributed by atoms with Gasteiger partial charge in [0.05, 0.1) is 18.5 Å². The number of halogens is 1. The smallest absolute Gasteiger partial charge is 0.346 e. The van der Waals surface area contributed by atoms with Gasteiger partial charge in [0.2, 0.25) is 0 Å². The number of benzene rings is 1. The number of aromatic amines is 1. The molecule has 0 bridgehead atoms. The van der Waals surface area contributed by atoms with E-state index in [1.165, 1.54) is 36.6 Å². The summed E-state index contributed by atoms with van der Waals surface area (Å²) in [5.74, 6) is -0.383. The first-order valence-electron chi connectivity index (χ1n) is 9.15. The topological polar surface area (TPSA) is 89.9 Å². The summed E-state index contributed by atoms with van der Waals surface area (Å²) < 4.78 is 20.0. The summed E-state index contributed by atoms with van der Waals surface area (Å²) in [6, 6.07) is 6.24. The molecular weight excluding hydrogens is 395 g/mol. The predicted molar refractivity (Wildman–Crippen MR) is 106 cm³/mol. The number of carbonyl (C=O) groups excluding carboxylic acids is 1. The van der Waals surface area contributed by atoms with Crippen LogP contribution in [0, 0.1) is 12.7 Å². The first kappa shape index (κ1) is 19.4. The van der Waals surface area contributed by atoms with Crippen LogP contribution in [0.2, 0.25) is 0 Å². The number of ether oxygens (including phenoxy) is 1. The second kappa shape index (κ2) is 7.82. The van der Waals surface area contributed by atoms with Gasteiger partial charge in [0.25, 0.3) is 0 Å². The van der Waals surface area contributed by atoms with Gasteiger partial charge in [-0.15, -0.1) is 0 Å². The average molecular weight is 414 g/mol. The number of rotatable bonds is 5. The molecule has 7 nitrogen and oxygen atoms in total. The van der Waals surface area contributed by atoms with Crippen LogP contribution in [0.25, 0.3) is 5.69 Å². The number of methoxy groups -OCH3 is 1. The van der Waals surface area contributed by atoms with E-state index in [-0.39, 0.29) is 11.4 Å². The Bertz CT molecular complexity index is 1140. The lowest BCUT2D eigenvalue weighted by molar-refractivity contribution is 0.0594. The standard InChI is InChI=1S/C20H19FN4O3S/c1-11-17(19(26)28-2)18(23-20(27)22-11)29-10-15-14-4-3-5-16(14)25(24-15)13-8-6-12(21)7-9-13/h6-9H,3-5,10H2,1-2H3,(H,22,23,27). The molecule has 0 saturated heterocycles. The molecule has 0 radical (unpaired) electrons. The summed E-state index contributed by atoms with van der Waals surface area (Å²) in [5.41, 5.74) is 4.13. The Labute approximate surface area is 170 Å². The van der Waals surface area contributed by atoms with Crippen LogP contribution in [-0.4, -0.2) is 32.8 Å². The molecule has 3 aromatic rings. The van der Waals surface area contributed by atoms with Gasteiger partial charge in [0, 0.05) is 17.1 Å². The fourth-order valence-electron chi connectivity index (χ4n) is 3.57. The van der Waals surface area contributed by atoms with E-state index in [0.717, 1.165) is 36.3 Å². The lowest BCUT2D eigenvalue weighted by atomic mass is 10.2. The van der Waals surface area contributed by atoms with Crippen LogP contribution in [0.15, 0.2) is 34.1 Å². The Balaban J connectivity index is 1.67. The van der Waals surface area contributed by atoms with Crippen LogP contribution >= 0.6 is 11.8 Å². The zero-order chi connectivity index (χ0) is 20.5. The normalized spacial score (nSPS) is 12.8. The lowest BCUT2D eigenvalue weighted by Gasteiger charge is -2.08. The lowest BCUT2D eigenvalue weighted by Crippen LogP contribution is -2.19. The molecule has 0 atom stereocenters. The zero-order valence-corrected chi connectivity index (χ0v) is 16.8. The summed E-state index contributed by atoms with van der Waals surface area (Å²) in [7, 11) is 1.29. The number of fused-ring (bicyclic) bond motifs is 1. The number of thioether (sulfide) groups is 1. The van der Waals surface area contributed by atoms with Crippen LogP contribution < -0.4 is 5.69 Å². The molecule has 1 N–H and O–H groups in total. The van der Waals surface area contributed by atoms with Crippen molar-refractivity contribution in [3.8, 4) is 5.69 Å². The molecule has 0 fully saturated rings. The summed E-state index contributed by atoms with van der Waals surface area (Å²) >= 11 is 1.28. The highest BCUT2D eigenvalue weighted by Gasteiger charge is 2.25. The minimum atomic E-state index is -0.546. The Hall–Kier alpha value is -2.94. The Kier molecular flexibility index (Phi) is 5.23. The maximum Gasteiger partial charge on any atom is 0.346 e. The second-order valence-electron chi connectivity index (χ2n) is 6.74. The van der Waals surface area contributed by atoms with Gasteiger partial charge in [-0.3, -0.25) is 0 Å². The highest BCUT2D eigenvalue weighted by molar-refractivity contribution is 7.98. The molecule has 29 heavy (non-hydrogen) atoms. The molecule has 150 valence electrons. The van der Waals surface area contributed by atoms with Crippen molar-refractivity contribution in [3.05, 3.63) is 68.8 Å². The third-order valence-electron chi connectivity index (χ3n) is 4.91. The Morgan fingerprint density at radius 3 is 2.79 bits per heavy atom. The molecule has 0 amide bonds. The molecule has 0 spiro atoms. The molecule has 2 aromatic heterocycles. The van der Waals surface area contributed by atoms with Crippen molar-refractivity contribution in [2.24, 2.45) is 0 Å². The van der Waals surface area contributed by atoms with Crippen LogP contribution in [-0.2, 0) is 23.3 Å². The number of hydrogen-bond donors (Lipinski definition) is 1. The maximum absolute atomic E-state index is 13.3. The third kappa shape index (κ3) is 3.69. The molecule has 4 rings (SSSR count). The highest BCUT2D eigenvalue weighted by Crippen LogP contribution is 2.32. The molecule has 0 aliphatic heterocycles. The molecule has 1 aliphatic carbocycles. The number of esters is 1. The van der Waals surface area contributed by atoms with Gasteiger partial charge in [-0.2, -0.15) is 10.1 Å². The van der Waals surface area contributed by atoms with E-state index in [2.05, 4.69) is 9.97 Å². The summed E-state index contributed by atoms with van der Waals surface area (Å²) in [6.07, 6.45) is 2.85. The molecule has 0 unspecified atom stereocenters. The Morgan fingerprint density at radius 2 is 2.07 bits per heavy atom. The highest BCUT2D eigenvalue weighted by atomic mass is 32.2. The van der Waals surface area contributed by atoms with Crippen LogP contribution in [0.5, 0.6) is 0 Å². The average Bonchev–Trinajstić information content (AvgIpc) is 3.29. The summed E-state index contributed by atoms with van der Waals surface area (Å²) in [6.45, 7) is 1.64.